The molecule has 1 aliphatic carbocycles. The third kappa shape index (κ3) is 4.70. The van der Waals surface area contributed by atoms with E-state index in [1.54, 1.807) is 0 Å². The number of aromatic amines is 1. The number of aryl methyl sites for hydroxylation is 1. The summed E-state index contributed by atoms with van der Waals surface area (Å²) in [5.41, 5.74) is 1.02. The lowest BCUT2D eigenvalue weighted by Gasteiger charge is -2.26. The van der Waals surface area contributed by atoms with Gasteiger partial charge in [0, 0.05) is 17.1 Å². The van der Waals surface area contributed by atoms with Crippen molar-refractivity contribution < 1.29 is 4.79 Å². The lowest BCUT2D eigenvalue weighted by Crippen LogP contribution is -2.28. The first-order valence-corrected chi connectivity index (χ1v) is 8.72. The zero-order chi connectivity index (χ0) is 14.5. The summed E-state index contributed by atoms with van der Waals surface area (Å²) in [6.07, 6.45) is 6.94. The molecule has 1 amide bonds. The van der Waals surface area contributed by atoms with E-state index in [0.717, 1.165) is 39.3 Å². The van der Waals surface area contributed by atoms with Crippen LogP contribution in [0.2, 0.25) is 0 Å². The van der Waals surface area contributed by atoms with Gasteiger partial charge in [-0.05, 0) is 37.4 Å². The fraction of sp³-hybridized carbons (Fsp3) is 0.733. The monoisotopic (exact) mass is 312 g/mol. The Labute approximate surface area is 130 Å². The first-order valence-electron chi connectivity index (χ1n) is 7.50. The molecule has 112 valence electrons. The number of H-pyrrole nitrogens is 1. The van der Waals surface area contributed by atoms with E-state index >= 15 is 0 Å². The minimum absolute atomic E-state index is 0.113. The SMILES string of the molecule is Cc1[nH]c(=S)sc1CC(=O)NCCC1CCC(C)CC1. The number of rotatable bonds is 5. The summed E-state index contributed by atoms with van der Waals surface area (Å²) in [4.78, 5) is 16.0. The van der Waals surface area contributed by atoms with Crippen molar-refractivity contribution in [3.63, 3.8) is 0 Å². The summed E-state index contributed by atoms with van der Waals surface area (Å²) < 4.78 is 0.752. The highest BCUT2D eigenvalue weighted by molar-refractivity contribution is 7.73. The minimum atomic E-state index is 0.113. The Kier molecular flexibility index (Phi) is 5.78. The van der Waals surface area contributed by atoms with E-state index < -0.39 is 0 Å². The van der Waals surface area contributed by atoms with Gasteiger partial charge in [0.1, 0.15) is 0 Å². The Morgan fingerprint density at radius 3 is 2.70 bits per heavy atom. The summed E-state index contributed by atoms with van der Waals surface area (Å²) in [5.74, 6) is 1.82. The van der Waals surface area contributed by atoms with E-state index in [1.807, 2.05) is 6.92 Å². The minimum Gasteiger partial charge on any atom is -0.356 e. The third-order valence-electron chi connectivity index (χ3n) is 4.26. The maximum absolute atomic E-state index is 11.9. The van der Waals surface area contributed by atoms with Gasteiger partial charge >= 0.3 is 0 Å². The molecule has 20 heavy (non-hydrogen) atoms. The fourth-order valence-corrected chi connectivity index (χ4v) is 4.14. The van der Waals surface area contributed by atoms with Crippen LogP contribution in [0.25, 0.3) is 0 Å². The molecule has 0 spiro atoms. The van der Waals surface area contributed by atoms with E-state index in [2.05, 4.69) is 17.2 Å². The molecule has 5 heteroatoms. The van der Waals surface area contributed by atoms with Gasteiger partial charge in [0.15, 0.2) is 3.95 Å². The molecule has 0 aromatic carbocycles. The smallest absolute Gasteiger partial charge is 0.225 e. The molecular formula is C15H24N2OS2. The number of amides is 1. The molecule has 2 rings (SSSR count). The van der Waals surface area contributed by atoms with E-state index in [9.17, 15) is 4.79 Å². The van der Waals surface area contributed by atoms with Crippen molar-refractivity contribution in [2.24, 2.45) is 11.8 Å². The van der Waals surface area contributed by atoms with E-state index in [0.29, 0.717) is 6.42 Å². The summed E-state index contributed by atoms with van der Waals surface area (Å²) in [7, 11) is 0. The molecule has 3 nitrogen and oxygen atoms in total. The fourth-order valence-electron chi connectivity index (χ4n) is 2.85. The van der Waals surface area contributed by atoms with E-state index in [4.69, 9.17) is 12.2 Å². The van der Waals surface area contributed by atoms with Crippen LogP contribution in [0.4, 0.5) is 0 Å². The predicted octanol–water partition coefficient (Wildman–Crippen LogP) is 3.99. The topological polar surface area (TPSA) is 44.9 Å². The van der Waals surface area contributed by atoms with Gasteiger partial charge in [-0.3, -0.25) is 4.79 Å². The van der Waals surface area contributed by atoms with Crippen LogP contribution in [-0.2, 0) is 11.2 Å². The number of hydrogen-bond donors (Lipinski definition) is 2. The lowest BCUT2D eigenvalue weighted by molar-refractivity contribution is -0.120. The maximum atomic E-state index is 11.9. The summed E-state index contributed by atoms with van der Waals surface area (Å²) in [6.45, 7) is 5.12. The van der Waals surface area contributed by atoms with E-state index in [1.165, 1.54) is 37.0 Å². The molecule has 0 atom stereocenters. The van der Waals surface area contributed by atoms with Crippen LogP contribution in [0.5, 0.6) is 0 Å². The molecule has 0 aliphatic heterocycles. The van der Waals surface area contributed by atoms with Crippen LogP contribution in [0.15, 0.2) is 0 Å². The molecule has 0 bridgehead atoms. The van der Waals surface area contributed by atoms with Gasteiger partial charge in [0.05, 0.1) is 6.42 Å². The first-order chi connectivity index (χ1) is 9.54. The van der Waals surface area contributed by atoms with Gasteiger partial charge in [-0.1, -0.05) is 32.6 Å². The zero-order valence-electron chi connectivity index (χ0n) is 12.3. The first kappa shape index (κ1) is 15.7. The van der Waals surface area contributed by atoms with Crippen molar-refractivity contribution in [1.82, 2.24) is 10.3 Å². The largest absolute Gasteiger partial charge is 0.356 e. The molecule has 1 aromatic rings. The van der Waals surface area contributed by atoms with Gasteiger partial charge in [-0.15, -0.1) is 11.3 Å². The average Bonchev–Trinajstić information content (AvgIpc) is 2.70. The van der Waals surface area contributed by atoms with Crippen molar-refractivity contribution >= 4 is 29.5 Å². The number of hydrogen-bond acceptors (Lipinski definition) is 3. The Bertz CT molecular complexity index is 498. The third-order valence-corrected chi connectivity index (χ3v) is 5.59. The molecule has 0 radical (unpaired) electrons. The van der Waals surface area contributed by atoms with Crippen LogP contribution in [0, 0.1) is 22.7 Å². The quantitative estimate of drug-likeness (QED) is 0.808. The lowest BCUT2D eigenvalue weighted by atomic mass is 9.81. The van der Waals surface area contributed by atoms with Gasteiger partial charge in [0.25, 0.3) is 0 Å². The summed E-state index contributed by atoms with van der Waals surface area (Å²) in [5, 5.41) is 3.05. The molecule has 1 aromatic heterocycles. The molecule has 1 aliphatic rings. The number of thiazole rings is 1. The highest BCUT2D eigenvalue weighted by Crippen LogP contribution is 2.29. The van der Waals surface area contributed by atoms with Crippen LogP contribution in [0.1, 0.15) is 49.6 Å². The highest BCUT2D eigenvalue weighted by Gasteiger charge is 2.18. The van der Waals surface area contributed by atoms with Crippen molar-refractivity contribution in [3.05, 3.63) is 14.5 Å². The number of carbonyl (C=O) groups is 1. The Hall–Kier alpha value is -0.680. The summed E-state index contributed by atoms with van der Waals surface area (Å²) in [6, 6.07) is 0. The van der Waals surface area contributed by atoms with Crippen molar-refractivity contribution in [1.29, 1.82) is 0 Å². The van der Waals surface area contributed by atoms with Gasteiger partial charge in [-0.25, -0.2) is 0 Å². The van der Waals surface area contributed by atoms with Crippen molar-refractivity contribution in [2.75, 3.05) is 6.54 Å². The van der Waals surface area contributed by atoms with Crippen molar-refractivity contribution in [2.45, 2.75) is 52.4 Å². The predicted molar refractivity (Wildman–Crippen MR) is 86.7 cm³/mol. The molecule has 0 unspecified atom stereocenters. The second-order valence-electron chi connectivity index (χ2n) is 6.00. The molecule has 1 fully saturated rings. The number of carbonyl (C=O) groups excluding carboxylic acids is 1. The van der Waals surface area contributed by atoms with Crippen LogP contribution < -0.4 is 5.32 Å². The van der Waals surface area contributed by atoms with E-state index in [-0.39, 0.29) is 5.91 Å². The van der Waals surface area contributed by atoms with Crippen LogP contribution in [-0.4, -0.2) is 17.4 Å². The number of aromatic nitrogens is 1. The van der Waals surface area contributed by atoms with Crippen LogP contribution in [0.3, 0.4) is 0 Å². The Morgan fingerprint density at radius 2 is 2.10 bits per heavy atom. The maximum Gasteiger partial charge on any atom is 0.225 e. The second-order valence-corrected chi connectivity index (χ2v) is 7.78. The highest BCUT2D eigenvalue weighted by atomic mass is 32.1. The normalized spacial score (nSPS) is 22.7. The standard InChI is InChI=1S/C15H24N2OS2/c1-10-3-5-12(6-4-10)7-8-16-14(18)9-13-11(2)17-15(19)20-13/h10,12H,3-9H2,1-2H3,(H,16,18)(H,17,19). The zero-order valence-corrected chi connectivity index (χ0v) is 14.0. The Balaban J connectivity index is 1.68. The van der Waals surface area contributed by atoms with Gasteiger partial charge in [0.2, 0.25) is 5.91 Å². The second kappa shape index (κ2) is 7.36. The molecule has 1 saturated carbocycles. The van der Waals surface area contributed by atoms with Crippen molar-refractivity contribution in [3.8, 4) is 0 Å². The average molecular weight is 313 g/mol. The molecule has 0 saturated heterocycles. The molecule has 1 heterocycles. The van der Waals surface area contributed by atoms with Gasteiger partial charge < -0.3 is 10.3 Å². The van der Waals surface area contributed by atoms with Gasteiger partial charge in [-0.2, -0.15) is 0 Å². The number of nitrogens with one attached hydrogen (secondary N) is 2. The Morgan fingerprint density at radius 1 is 1.40 bits per heavy atom. The van der Waals surface area contributed by atoms with Crippen LogP contribution >= 0.6 is 23.6 Å². The molecule has 2 N–H and O–H groups in total. The molecular weight excluding hydrogens is 288 g/mol. The summed E-state index contributed by atoms with van der Waals surface area (Å²) >= 11 is 6.59.